The van der Waals surface area contributed by atoms with Crippen molar-refractivity contribution in [3.63, 3.8) is 0 Å². The van der Waals surface area contributed by atoms with E-state index in [1.165, 1.54) is 43.2 Å². The molecule has 0 fully saturated rings. The number of fused-ring (bicyclic) bond motifs is 1. The molecule has 0 aliphatic heterocycles. The van der Waals surface area contributed by atoms with Gasteiger partial charge < -0.3 is 4.74 Å². The van der Waals surface area contributed by atoms with Crippen LogP contribution in [-0.2, 0) is 12.8 Å². The summed E-state index contributed by atoms with van der Waals surface area (Å²) in [6, 6.07) is 4.35. The van der Waals surface area contributed by atoms with Crippen molar-refractivity contribution in [1.82, 2.24) is 0 Å². The minimum Gasteiger partial charge on any atom is -0.494 e. The van der Waals surface area contributed by atoms with Crippen LogP contribution in [0.4, 0.5) is 0 Å². The average Bonchev–Trinajstić information content (AvgIpc) is 2.48. The van der Waals surface area contributed by atoms with Crippen LogP contribution in [0.3, 0.4) is 0 Å². The molecular weight excluding hydrogens is 184 g/mol. The Labute approximate surface area is 92.5 Å². The molecule has 82 valence electrons. The van der Waals surface area contributed by atoms with Gasteiger partial charge in [0.25, 0.3) is 0 Å². The van der Waals surface area contributed by atoms with Crippen LogP contribution in [0.5, 0.6) is 5.75 Å². The van der Waals surface area contributed by atoms with Gasteiger partial charge >= 0.3 is 0 Å². The highest BCUT2D eigenvalue weighted by Crippen LogP contribution is 2.31. The van der Waals surface area contributed by atoms with Gasteiger partial charge in [-0.05, 0) is 62.3 Å². The van der Waals surface area contributed by atoms with Crippen LogP contribution < -0.4 is 4.74 Å². The summed E-state index contributed by atoms with van der Waals surface area (Å²) >= 11 is 0. The van der Waals surface area contributed by atoms with E-state index in [0.717, 1.165) is 12.4 Å². The molecule has 0 saturated heterocycles. The highest BCUT2D eigenvalue weighted by atomic mass is 16.5. The number of benzene rings is 1. The maximum atomic E-state index is 5.71. The lowest BCUT2D eigenvalue weighted by Crippen LogP contribution is -2.01. The fraction of sp³-hybridized carbons (Fsp3) is 0.571. The zero-order valence-corrected chi connectivity index (χ0v) is 9.81. The minimum absolute atomic E-state index is 0.773. The first kappa shape index (κ1) is 10.5. The molecule has 1 nitrogen and oxygen atoms in total. The van der Waals surface area contributed by atoms with Crippen LogP contribution >= 0.6 is 0 Å². The van der Waals surface area contributed by atoms with Gasteiger partial charge in [-0.15, -0.1) is 0 Å². The molecule has 0 bridgehead atoms. The van der Waals surface area contributed by atoms with Gasteiger partial charge in [0, 0.05) is 0 Å². The summed E-state index contributed by atoms with van der Waals surface area (Å²) in [5, 5.41) is 0. The number of hydrogen-bond acceptors (Lipinski definition) is 1. The molecule has 1 aromatic rings. The van der Waals surface area contributed by atoms with Gasteiger partial charge in [0.05, 0.1) is 6.61 Å². The zero-order valence-electron chi connectivity index (χ0n) is 9.81. The molecule has 1 aliphatic carbocycles. The molecule has 0 radical (unpaired) electrons. The highest BCUT2D eigenvalue weighted by Gasteiger charge is 2.14. The Morgan fingerprint density at radius 1 is 1.07 bits per heavy atom. The molecular formula is C14H20O. The van der Waals surface area contributed by atoms with Crippen molar-refractivity contribution in [1.29, 1.82) is 0 Å². The predicted octanol–water partition coefficient (Wildman–Crippen LogP) is 3.66. The predicted molar refractivity (Wildman–Crippen MR) is 63.6 cm³/mol. The standard InChI is InChI=1S/C14H20O/c1-3-15-14-10-9-11(2)12-7-5-4-6-8-13(12)14/h9-10H,3-8H2,1-2H3. The second kappa shape index (κ2) is 4.69. The third-order valence-corrected chi connectivity index (χ3v) is 3.28. The molecule has 0 atom stereocenters. The Morgan fingerprint density at radius 2 is 1.80 bits per heavy atom. The molecule has 0 heterocycles. The molecule has 1 heteroatoms. The third kappa shape index (κ3) is 2.17. The second-order valence-electron chi connectivity index (χ2n) is 4.33. The van der Waals surface area contributed by atoms with Crippen LogP contribution in [0.15, 0.2) is 12.1 Å². The molecule has 0 amide bonds. The summed E-state index contributed by atoms with van der Waals surface area (Å²) < 4.78 is 5.71. The van der Waals surface area contributed by atoms with Gasteiger partial charge in [0.15, 0.2) is 0 Å². The summed E-state index contributed by atoms with van der Waals surface area (Å²) in [5.41, 5.74) is 4.48. The SMILES string of the molecule is CCOc1ccc(C)c2c1CCCCC2. The Kier molecular flexibility index (Phi) is 3.30. The highest BCUT2D eigenvalue weighted by molar-refractivity contribution is 5.45. The van der Waals surface area contributed by atoms with Crippen LogP contribution in [0.1, 0.15) is 42.9 Å². The maximum absolute atomic E-state index is 5.71. The zero-order chi connectivity index (χ0) is 10.7. The van der Waals surface area contributed by atoms with Crippen LogP contribution in [0, 0.1) is 6.92 Å². The van der Waals surface area contributed by atoms with E-state index in [0.29, 0.717) is 0 Å². The molecule has 1 aromatic carbocycles. The fourth-order valence-corrected chi connectivity index (χ4v) is 2.48. The first-order valence-electron chi connectivity index (χ1n) is 6.07. The van der Waals surface area contributed by atoms with Gasteiger partial charge in [0.2, 0.25) is 0 Å². The Hall–Kier alpha value is -0.980. The summed E-state index contributed by atoms with van der Waals surface area (Å²) in [4.78, 5) is 0. The topological polar surface area (TPSA) is 9.23 Å². The van der Waals surface area contributed by atoms with E-state index in [1.54, 1.807) is 5.56 Å². The van der Waals surface area contributed by atoms with Crippen LogP contribution in [0.25, 0.3) is 0 Å². The van der Waals surface area contributed by atoms with E-state index >= 15 is 0 Å². The van der Waals surface area contributed by atoms with Crippen molar-refractivity contribution in [2.45, 2.75) is 46.0 Å². The van der Waals surface area contributed by atoms with Crippen molar-refractivity contribution in [2.75, 3.05) is 6.61 Å². The maximum Gasteiger partial charge on any atom is 0.122 e. The molecule has 1 aliphatic rings. The van der Waals surface area contributed by atoms with Crippen LogP contribution in [0.2, 0.25) is 0 Å². The average molecular weight is 204 g/mol. The Balaban J connectivity index is 2.41. The third-order valence-electron chi connectivity index (χ3n) is 3.28. The van der Waals surface area contributed by atoms with Crippen molar-refractivity contribution >= 4 is 0 Å². The molecule has 2 rings (SSSR count). The quantitative estimate of drug-likeness (QED) is 0.668. The molecule has 0 unspecified atom stereocenters. The summed E-state index contributed by atoms with van der Waals surface area (Å²) in [6.07, 6.45) is 6.45. The van der Waals surface area contributed by atoms with E-state index in [4.69, 9.17) is 4.74 Å². The van der Waals surface area contributed by atoms with Gasteiger partial charge in [-0.25, -0.2) is 0 Å². The number of ether oxygens (including phenoxy) is 1. The fourth-order valence-electron chi connectivity index (χ4n) is 2.48. The van der Waals surface area contributed by atoms with Crippen molar-refractivity contribution in [2.24, 2.45) is 0 Å². The van der Waals surface area contributed by atoms with E-state index in [-0.39, 0.29) is 0 Å². The van der Waals surface area contributed by atoms with Crippen molar-refractivity contribution in [3.8, 4) is 5.75 Å². The first-order chi connectivity index (χ1) is 7.33. The summed E-state index contributed by atoms with van der Waals surface area (Å²) in [5.74, 6) is 1.13. The lowest BCUT2D eigenvalue weighted by atomic mass is 9.97. The Morgan fingerprint density at radius 3 is 2.53 bits per heavy atom. The molecule has 0 saturated carbocycles. The second-order valence-corrected chi connectivity index (χ2v) is 4.33. The first-order valence-corrected chi connectivity index (χ1v) is 6.07. The van der Waals surface area contributed by atoms with Gasteiger partial charge in [-0.1, -0.05) is 12.5 Å². The molecule has 0 aromatic heterocycles. The van der Waals surface area contributed by atoms with Crippen molar-refractivity contribution < 1.29 is 4.74 Å². The van der Waals surface area contributed by atoms with E-state index in [1.807, 2.05) is 0 Å². The Bertz CT molecular complexity index is 341. The normalized spacial score (nSPS) is 15.6. The largest absolute Gasteiger partial charge is 0.494 e. The van der Waals surface area contributed by atoms with Gasteiger partial charge in [-0.2, -0.15) is 0 Å². The molecule has 0 N–H and O–H groups in total. The van der Waals surface area contributed by atoms with E-state index < -0.39 is 0 Å². The van der Waals surface area contributed by atoms with Gasteiger partial charge in [-0.3, -0.25) is 0 Å². The van der Waals surface area contributed by atoms with Crippen LogP contribution in [-0.4, -0.2) is 6.61 Å². The number of hydrogen-bond donors (Lipinski definition) is 0. The lowest BCUT2D eigenvalue weighted by molar-refractivity contribution is 0.336. The molecule has 15 heavy (non-hydrogen) atoms. The lowest BCUT2D eigenvalue weighted by Gasteiger charge is -2.14. The van der Waals surface area contributed by atoms with Crippen molar-refractivity contribution in [3.05, 3.63) is 28.8 Å². The minimum atomic E-state index is 0.773. The molecule has 0 spiro atoms. The monoisotopic (exact) mass is 204 g/mol. The van der Waals surface area contributed by atoms with Gasteiger partial charge in [0.1, 0.15) is 5.75 Å². The summed E-state index contributed by atoms with van der Waals surface area (Å²) in [6.45, 7) is 5.05. The van der Waals surface area contributed by atoms with E-state index in [9.17, 15) is 0 Å². The number of rotatable bonds is 2. The van der Waals surface area contributed by atoms with E-state index in [2.05, 4.69) is 26.0 Å². The summed E-state index contributed by atoms with van der Waals surface area (Å²) in [7, 11) is 0. The smallest absolute Gasteiger partial charge is 0.122 e. The number of aryl methyl sites for hydroxylation is 1.